The lowest BCUT2D eigenvalue weighted by atomic mass is 9.99. The van der Waals surface area contributed by atoms with E-state index in [-0.39, 0.29) is 11.9 Å². The molecule has 1 saturated heterocycles. The van der Waals surface area contributed by atoms with Gasteiger partial charge in [0.15, 0.2) is 5.65 Å². The molecule has 0 radical (unpaired) electrons. The molecular weight excluding hydrogens is 408 g/mol. The SMILES string of the molecule is Cc1cc(-c2[nH]c3cc(C(=O)N(C)C4CCCNC4)sc3c2C(C)C)cn2ncnc12. The Morgan fingerprint density at radius 2 is 2.19 bits per heavy atom. The van der Waals surface area contributed by atoms with Crippen LogP contribution in [-0.2, 0) is 0 Å². The Morgan fingerprint density at radius 1 is 1.35 bits per heavy atom. The van der Waals surface area contributed by atoms with E-state index in [1.807, 2.05) is 28.7 Å². The number of aryl methyl sites for hydroxylation is 1. The van der Waals surface area contributed by atoms with Crippen LogP contribution in [0.2, 0.25) is 0 Å². The number of nitrogens with one attached hydrogen (secondary N) is 2. The fourth-order valence-corrected chi connectivity index (χ4v) is 5.91. The van der Waals surface area contributed by atoms with Crippen LogP contribution in [0.25, 0.3) is 27.1 Å². The zero-order valence-corrected chi connectivity index (χ0v) is 19.2. The number of aromatic amines is 1. The van der Waals surface area contributed by atoms with E-state index in [0.29, 0.717) is 5.92 Å². The summed E-state index contributed by atoms with van der Waals surface area (Å²) in [6.45, 7) is 8.38. The topological polar surface area (TPSA) is 78.3 Å². The molecular formula is C23H28N6OS. The van der Waals surface area contributed by atoms with Crippen LogP contribution in [0.3, 0.4) is 0 Å². The maximum Gasteiger partial charge on any atom is 0.264 e. The van der Waals surface area contributed by atoms with Crippen molar-refractivity contribution in [2.24, 2.45) is 0 Å². The molecule has 0 spiro atoms. The van der Waals surface area contributed by atoms with E-state index in [1.54, 1.807) is 17.7 Å². The van der Waals surface area contributed by atoms with Crippen LogP contribution in [0.1, 0.15) is 53.4 Å². The third-order valence-electron chi connectivity index (χ3n) is 6.28. The first-order chi connectivity index (χ1) is 14.9. The number of H-pyrrole nitrogens is 1. The van der Waals surface area contributed by atoms with E-state index in [2.05, 4.69) is 47.2 Å². The third kappa shape index (κ3) is 3.43. The highest BCUT2D eigenvalue weighted by atomic mass is 32.1. The monoisotopic (exact) mass is 436 g/mol. The van der Waals surface area contributed by atoms with Crippen LogP contribution in [0.4, 0.5) is 0 Å². The summed E-state index contributed by atoms with van der Waals surface area (Å²) in [5.74, 6) is 0.428. The number of pyridine rings is 1. The van der Waals surface area contributed by atoms with E-state index in [9.17, 15) is 4.79 Å². The molecule has 0 aliphatic carbocycles. The number of carbonyl (C=O) groups excluding carboxylic acids is 1. The molecule has 5 heterocycles. The first kappa shape index (κ1) is 20.2. The van der Waals surface area contributed by atoms with E-state index >= 15 is 0 Å². The van der Waals surface area contributed by atoms with Crippen molar-refractivity contribution >= 4 is 33.1 Å². The molecule has 1 fully saturated rings. The normalized spacial score (nSPS) is 17.1. The van der Waals surface area contributed by atoms with Crippen molar-refractivity contribution in [1.82, 2.24) is 29.8 Å². The van der Waals surface area contributed by atoms with Gasteiger partial charge in [0.2, 0.25) is 0 Å². The van der Waals surface area contributed by atoms with Gasteiger partial charge in [-0.25, -0.2) is 9.50 Å². The van der Waals surface area contributed by atoms with Gasteiger partial charge in [-0.05, 0) is 55.5 Å². The molecule has 4 aromatic rings. The number of aromatic nitrogens is 4. The maximum absolute atomic E-state index is 13.2. The Balaban J connectivity index is 1.55. The Morgan fingerprint density at radius 3 is 2.94 bits per heavy atom. The molecule has 1 amide bonds. The number of rotatable bonds is 4. The van der Waals surface area contributed by atoms with E-state index < -0.39 is 0 Å². The summed E-state index contributed by atoms with van der Waals surface area (Å²) in [5, 5.41) is 7.72. The van der Waals surface area contributed by atoms with E-state index in [4.69, 9.17) is 0 Å². The fourth-order valence-electron chi connectivity index (χ4n) is 4.62. The van der Waals surface area contributed by atoms with Crippen LogP contribution < -0.4 is 5.32 Å². The summed E-state index contributed by atoms with van der Waals surface area (Å²) in [6.07, 6.45) is 5.78. The van der Waals surface area contributed by atoms with Gasteiger partial charge in [0, 0.05) is 31.4 Å². The van der Waals surface area contributed by atoms with Crippen molar-refractivity contribution in [3.63, 3.8) is 0 Å². The number of hydrogen-bond donors (Lipinski definition) is 2. The molecule has 0 saturated carbocycles. The summed E-state index contributed by atoms with van der Waals surface area (Å²) in [7, 11) is 1.93. The molecule has 4 aromatic heterocycles. The Labute approximate surface area is 185 Å². The second kappa shape index (κ2) is 7.76. The van der Waals surface area contributed by atoms with Gasteiger partial charge >= 0.3 is 0 Å². The standard InChI is InChI=1S/C23H28N6OS/c1-13(2)19-20(15-8-14(3)22-25-12-26-29(22)11-15)27-17-9-18(31-21(17)19)23(30)28(4)16-6-5-7-24-10-16/h8-9,11-13,16,24,27H,5-7,10H2,1-4H3. The summed E-state index contributed by atoms with van der Waals surface area (Å²) in [5.41, 5.74) is 6.41. The summed E-state index contributed by atoms with van der Waals surface area (Å²) in [6, 6.07) is 4.44. The van der Waals surface area contributed by atoms with Gasteiger partial charge in [-0.2, -0.15) is 5.10 Å². The summed E-state index contributed by atoms with van der Waals surface area (Å²) >= 11 is 1.60. The number of likely N-dealkylation sites (N-methyl/N-ethyl adjacent to an activating group) is 1. The maximum atomic E-state index is 13.2. The molecule has 8 heteroatoms. The summed E-state index contributed by atoms with van der Waals surface area (Å²) < 4.78 is 2.99. The van der Waals surface area contributed by atoms with Gasteiger partial charge in [0.25, 0.3) is 5.91 Å². The molecule has 1 atom stereocenters. The minimum atomic E-state index is 0.111. The highest BCUT2D eigenvalue weighted by Gasteiger charge is 2.26. The average molecular weight is 437 g/mol. The molecule has 1 unspecified atom stereocenters. The molecule has 31 heavy (non-hydrogen) atoms. The highest BCUT2D eigenvalue weighted by Crippen LogP contribution is 2.40. The van der Waals surface area contributed by atoms with Gasteiger partial charge in [-0.15, -0.1) is 11.3 Å². The molecule has 162 valence electrons. The predicted octanol–water partition coefficient (Wildman–Crippen LogP) is 4.19. The number of piperidine rings is 1. The quantitative estimate of drug-likeness (QED) is 0.503. The second-order valence-electron chi connectivity index (χ2n) is 8.78. The van der Waals surface area contributed by atoms with Gasteiger partial charge in [0.1, 0.15) is 6.33 Å². The van der Waals surface area contributed by atoms with Crippen LogP contribution in [0.15, 0.2) is 24.7 Å². The largest absolute Gasteiger partial charge is 0.354 e. The number of amides is 1. The number of nitrogens with zero attached hydrogens (tertiary/aromatic N) is 4. The lowest BCUT2D eigenvalue weighted by Crippen LogP contribution is -2.46. The number of carbonyl (C=O) groups is 1. The zero-order valence-electron chi connectivity index (χ0n) is 18.4. The Kier molecular flexibility index (Phi) is 5.06. The summed E-state index contributed by atoms with van der Waals surface area (Å²) in [4.78, 5) is 23.8. The molecule has 1 aliphatic rings. The first-order valence-electron chi connectivity index (χ1n) is 10.9. The molecule has 1 aliphatic heterocycles. The van der Waals surface area contributed by atoms with Crippen molar-refractivity contribution in [2.45, 2.75) is 45.6 Å². The number of fused-ring (bicyclic) bond motifs is 2. The van der Waals surface area contributed by atoms with Crippen molar-refractivity contribution < 1.29 is 4.79 Å². The molecule has 0 aromatic carbocycles. The molecule has 7 nitrogen and oxygen atoms in total. The first-order valence-corrected chi connectivity index (χ1v) is 11.7. The zero-order chi connectivity index (χ0) is 21.7. The van der Waals surface area contributed by atoms with Crippen molar-refractivity contribution in [1.29, 1.82) is 0 Å². The van der Waals surface area contributed by atoms with Crippen molar-refractivity contribution in [3.8, 4) is 11.3 Å². The Hall–Kier alpha value is -2.71. The van der Waals surface area contributed by atoms with Crippen LogP contribution in [0, 0.1) is 6.92 Å². The number of thiophene rings is 1. The predicted molar refractivity (Wildman–Crippen MR) is 125 cm³/mol. The third-order valence-corrected chi connectivity index (χ3v) is 7.44. The lowest BCUT2D eigenvalue weighted by molar-refractivity contribution is 0.0713. The smallest absolute Gasteiger partial charge is 0.264 e. The minimum Gasteiger partial charge on any atom is -0.354 e. The highest BCUT2D eigenvalue weighted by molar-refractivity contribution is 7.21. The van der Waals surface area contributed by atoms with E-state index in [1.165, 1.54) is 10.3 Å². The van der Waals surface area contributed by atoms with Crippen LogP contribution >= 0.6 is 11.3 Å². The van der Waals surface area contributed by atoms with Crippen molar-refractivity contribution in [2.75, 3.05) is 20.1 Å². The Bertz CT molecular complexity index is 1260. The van der Waals surface area contributed by atoms with Gasteiger partial charge in [-0.1, -0.05) is 13.8 Å². The fraction of sp³-hybridized carbons (Fsp3) is 0.435. The van der Waals surface area contributed by atoms with Crippen molar-refractivity contribution in [3.05, 3.63) is 40.7 Å². The molecule has 5 rings (SSSR count). The number of hydrogen-bond acceptors (Lipinski definition) is 5. The van der Waals surface area contributed by atoms with Gasteiger partial charge in [-0.3, -0.25) is 4.79 Å². The second-order valence-corrected chi connectivity index (χ2v) is 9.83. The average Bonchev–Trinajstić information content (AvgIpc) is 3.47. The lowest BCUT2D eigenvalue weighted by Gasteiger charge is -2.31. The van der Waals surface area contributed by atoms with Crippen LogP contribution in [-0.4, -0.2) is 56.6 Å². The molecule has 0 bridgehead atoms. The van der Waals surface area contributed by atoms with Gasteiger partial charge in [0.05, 0.1) is 20.8 Å². The molecule has 2 N–H and O–H groups in total. The van der Waals surface area contributed by atoms with Crippen LogP contribution in [0.5, 0.6) is 0 Å². The minimum absolute atomic E-state index is 0.111. The van der Waals surface area contributed by atoms with E-state index in [0.717, 1.165) is 58.8 Å². The van der Waals surface area contributed by atoms with Gasteiger partial charge < -0.3 is 15.2 Å².